The van der Waals surface area contributed by atoms with Crippen LogP contribution < -0.4 is 5.32 Å². The molecule has 14 heavy (non-hydrogen) atoms. The quantitative estimate of drug-likeness (QED) is 0.863. The van der Waals surface area contributed by atoms with Crippen LogP contribution in [-0.4, -0.2) is 12.0 Å². The van der Waals surface area contributed by atoms with Gasteiger partial charge in [0.15, 0.2) is 0 Å². The van der Waals surface area contributed by atoms with Crippen molar-refractivity contribution < 1.29 is 0 Å². The van der Waals surface area contributed by atoms with E-state index in [0.29, 0.717) is 0 Å². The molecule has 0 aliphatic rings. The number of H-pyrrole nitrogens is 1. The van der Waals surface area contributed by atoms with E-state index >= 15 is 0 Å². The first-order chi connectivity index (χ1) is 6.74. The molecule has 0 aliphatic heterocycles. The van der Waals surface area contributed by atoms with Crippen molar-refractivity contribution in [3.63, 3.8) is 0 Å². The highest BCUT2D eigenvalue weighted by molar-refractivity contribution is 9.10. The topological polar surface area (TPSA) is 27.8 Å². The summed E-state index contributed by atoms with van der Waals surface area (Å²) in [6.45, 7) is 0.796. The van der Waals surface area contributed by atoms with Gasteiger partial charge in [-0.1, -0.05) is 17.7 Å². The molecule has 0 bridgehead atoms. The van der Waals surface area contributed by atoms with Crippen LogP contribution in [0.5, 0.6) is 0 Å². The minimum absolute atomic E-state index is 0.787. The van der Waals surface area contributed by atoms with E-state index in [0.717, 1.165) is 27.1 Å². The van der Waals surface area contributed by atoms with Crippen LogP contribution in [0.3, 0.4) is 0 Å². The molecule has 2 nitrogen and oxygen atoms in total. The molecule has 0 spiro atoms. The molecule has 1 heterocycles. The first-order valence-electron chi connectivity index (χ1n) is 4.33. The Balaban J connectivity index is 2.73. The Bertz CT molecular complexity index is 464. The van der Waals surface area contributed by atoms with Crippen molar-refractivity contribution in [3.05, 3.63) is 33.4 Å². The summed E-state index contributed by atoms with van der Waals surface area (Å²) in [6, 6.07) is 5.87. The van der Waals surface area contributed by atoms with Gasteiger partial charge in [0.25, 0.3) is 0 Å². The molecule has 0 atom stereocenters. The fourth-order valence-electron chi connectivity index (χ4n) is 1.58. The first-order valence-corrected chi connectivity index (χ1v) is 5.50. The molecule has 4 heteroatoms. The second kappa shape index (κ2) is 3.93. The number of benzene rings is 1. The van der Waals surface area contributed by atoms with Gasteiger partial charge in [0.2, 0.25) is 0 Å². The maximum absolute atomic E-state index is 6.14. The van der Waals surface area contributed by atoms with Gasteiger partial charge in [-0.05, 0) is 35.1 Å². The van der Waals surface area contributed by atoms with Crippen LogP contribution in [0.15, 0.2) is 22.8 Å². The summed E-state index contributed by atoms with van der Waals surface area (Å²) in [6.07, 6.45) is 0. The lowest BCUT2D eigenvalue weighted by atomic mass is 10.2. The number of aromatic nitrogens is 1. The van der Waals surface area contributed by atoms with Crippen LogP contribution in [0.1, 0.15) is 5.56 Å². The number of halogens is 2. The lowest BCUT2D eigenvalue weighted by Crippen LogP contribution is -2.04. The second-order valence-corrected chi connectivity index (χ2v) is 4.31. The maximum Gasteiger partial charge on any atom is 0.0877 e. The van der Waals surface area contributed by atoms with Crippen molar-refractivity contribution in [2.24, 2.45) is 0 Å². The molecule has 0 amide bonds. The van der Waals surface area contributed by atoms with Crippen molar-refractivity contribution in [2.75, 3.05) is 7.05 Å². The molecule has 1 aromatic heterocycles. The maximum atomic E-state index is 6.14. The average molecular weight is 274 g/mol. The Kier molecular flexibility index (Phi) is 2.81. The fraction of sp³-hybridized carbons (Fsp3) is 0.200. The summed E-state index contributed by atoms with van der Waals surface area (Å²) >= 11 is 9.63. The molecule has 2 rings (SSSR count). The monoisotopic (exact) mass is 272 g/mol. The van der Waals surface area contributed by atoms with Crippen LogP contribution in [0.2, 0.25) is 5.02 Å². The minimum atomic E-state index is 0.787. The lowest BCUT2D eigenvalue weighted by Gasteiger charge is -2.00. The van der Waals surface area contributed by atoms with Gasteiger partial charge >= 0.3 is 0 Å². The predicted octanol–water partition coefficient (Wildman–Crippen LogP) is 3.30. The smallest absolute Gasteiger partial charge is 0.0877 e. The number of fused-ring (bicyclic) bond motifs is 1. The molecule has 0 radical (unpaired) electrons. The molecule has 0 unspecified atom stereocenters. The van der Waals surface area contributed by atoms with E-state index in [-0.39, 0.29) is 0 Å². The molecular weight excluding hydrogens is 263 g/mol. The molecule has 0 saturated carbocycles. The van der Waals surface area contributed by atoms with Gasteiger partial charge in [0.05, 0.1) is 9.63 Å². The molecule has 1 aromatic carbocycles. The van der Waals surface area contributed by atoms with Crippen molar-refractivity contribution >= 4 is 38.4 Å². The zero-order chi connectivity index (χ0) is 10.1. The first kappa shape index (κ1) is 10.0. The average Bonchev–Trinajstić information content (AvgIpc) is 2.45. The summed E-state index contributed by atoms with van der Waals surface area (Å²) in [5.41, 5.74) is 2.24. The molecule has 2 N–H and O–H groups in total. The highest BCUT2D eigenvalue weighted by Crippen LogP contribution is 2.31. The van der Waals surface area contributed by atoms with Crippen LogP contribution in [0.4, 0.5) is 0 Å². The summed E-state index contributed by atoms with van der Waals surface area (Å²) in [4.78, 5) is 3.24. The third-order valence-electron chi connectivity index (χ3n) is 2.18. The van der Waals surface area contributed by atoms with E-state index in [2.05, 4.69) is 26.2 Å². The molecule has 0 saturated heterocycles. The third kappa shape index (κ3) is 1.56. The van der Waals surface area contributed by atoms with Crippen molar-refractivity contribution in [1.82, 2.24) is 10.3 Å². The molecule has 2 aromatic rings. The van der Waals surface area contributed by atoms with E-state index < -0.39 is 0 Å². The SMILES string of the molecule is CNCc1c(Br)[nH]c2cccc(Cl)c12. The number of aromatic amines is 1. The highest BCUT2D eigenvalue weighted by atomic mass is 79.9. The van der Waals surface area contributed by atoms with Gasteiger partial charge in [-0.25, -0.2) is 0 Å². The van der Waals surface area contributed by atoms with Gasteiger partial charge in [-0.2, -0.15) is 0 Å². The zero-order valence-corrected chi connectivity index (χ0v) is 10.0. The Morgan fingerprint density at radius 1 is 1.50 bits per heavy atom. The largest absolute Gasteiger partial charge is 0.349 e. The molecular formula is C10H10BrClN2. The summed E-state index contributed by atoms with van der Waals surface area (Å²) in [5, 5.41) is 5.00. The Hall–Kier alpha value is -0.510. The fourth-order valence-corrected chi connectivity index (χ4v) is 2.42. The van der Waals surface area contributed by atoms with Gasteiger partial charge < -0.3 is 10.3 Å². The van der Waals surface area contributed by atoms with Gasteiger partial charge in [0.1, 0.15) is 0 Å². The van der Waals surface area contributed by atoms with Gasteiger partial charge in [0, 0.05) is 23.0 Å². The van der Waals surface area contributed by atoms with E-state index in [1.165, 1.54) is 5.56 Å². The number of rotatable bonds is 2. The molecule has 0 aliphatic carbocycles. The van der Waals surface area contributed by atoms with E-state index in [1.54, 1.807) is 0 Å². The lowest BCUT2D eigenvalue weighted by molar-refractivity contribution is 0.819. The zero-order valence-electron chi connectivity index (χ0n) is 7.70. The minimum Gasteiger partial charge on any atom is -0.349 e. The number of hydrogen-bond donors (Lipinski definition) is 2. The summed E-state index contributed by atoms with van der Waals surface area (Å²) in [7, 11) is 1.92. The van der Waals surface area contributed by atoms with Crippen molar-refractivity contribution in [2.45, 2.75) is 6.54 Å². The van der Waals surface area contributed by atoms with Crippen molar-refractivity contribution in [1.29, 1.82) is 0 Å². The van der Waals surface area contributed by atoms with Gasteiger partial charge in [-0.3, -0.25) is 0 Å². The number of hydrogen-bond acceptors (Lipinski definition) is 1. The molecule has 0 fully saturated rings. The Morgan fingerprint density at radius 3 is 3.00 bits per heavy atom. The highest BCUT2D eigenvalue weighted by Gasteiger charge is 2.10. The summed E-state index contributed by atoms with van der Waals surface area (Å²) < 4.78 is 0.995. The van der Waals surface area contributed by atoms with Crippen LogP contribution in [0, 0.1) is 0 Å². The Labute approximate surface area is 95.8 Å². The van der Waals surface area contributed by atoms with E-state index in [4.69, 9.17) is 11.6 Å². The molecule has 74 valence electrons. The Morgan fingerprint density at radius 2 is 2.29 bits per heavy atom. The van der Waals surface area contributed by atoms with Crippen LogP contribution >= 0.6 is 27.5 Å². The standard InChI is InChI=1S/C10H10BrClN2/c1-13-5-6-9-7(12)3-2-4-8(9)14-10(6)11/h2-4,13-14H,5H2,1H3. The van der Waals surface area contributed by atoms with E-state index in [9.17, 15) is 0 Å². The third-order valence-corrected chi connectivity index (χ3v) is 3.17. The number of nitrogens with one attached hydrogen (secondary N) is 2. The summed E-state index contributed by atoms with van der Waals surface area (Å²) in [5.74, 6) is 0. The van der Waals surface area contributed by atoms with Crippen LogP contribution in [0.25, 0.3) is 10.9 Å². The van der Waals surface area contributed by atoms with Gasteiger partial charge in [-0.15, -0.1) is 0 Å². The van der Waals surface area contributed by atoms with E-state index in [1.807, 2.05) is 25.2 Å². The predicted molar refractivity (Wildman–Crippen MR) is 63.8 cm³/mol. The van der Waals surface area contributed by atoms with Crippen molar-refractivity contribution in [3.8, 4) is 0 Å². The van der Waals surface area contributed by atoms with Crippen LogP contribution in [-0.2, 0) is 6.54 Å². The second-order valence-electron chi connectivity index (χ2n) is 3.11. The normalized spacial score (nSPS) is 11.1.